The molecule has 0 bridgehead atoms. The fraction of sp³-hybridized carbons (Fsp3) is 0.158. The standard InChI is InChI=1S/C13H13NO5.C6H6/c15-12(14-6-5-13(16)17)4-2-9-1-3-10-11(7-9)19-8-18-10;1-2-4-6-5-3-1/h1-4,7H,5-6,8H2,(H,14,15)(H,16,17);1-6H/b4-2+;. The predicted molar refractivity (Wildman–Crippen MR) is 93.3 cm³/mol. The van der Waals surface area contributed by atoms with Crippen LogP contribution in [-0.2, 0) is 9.59 Å². The molecule has 6 heteroatoms. The quantitative estimate of drug-likeness (QED) is 0.817. The first-order valence-electron chi connectivity index (χ1n) is 7.72. The Hall–Kier alpha value is -3.28. The summed E-state index contributed by atoms with van der Waals surface area (Å²) in [6.07, 6.45) is 2.88. The monoisotopic (exact) mass is 341 g/mol. The number of ether oxygens (including phenoxy) is 2. The van der Waals surface area contributed by atoms with Crippen molar-refractivity contribution in [1.82, 2.24) is 5.32 Å². The summed E-state index contributed by atoms with van der Waals surface area (Å²) in [6, 6.07) is 17.3. The Labute approximate surface area is 145 Å². The van der Waals surface area contributed by atoms with Gasteiger partial charge >= 0.3 is 5.97 Å². The molecule has 2 aromatic carbocycles. The lowest BCUT2D eigenvalue weighted by Gasteiger charge is -1.99. The van der Waals surface area contributed by atoms with Gasteiger partial charge in [-0.05, 0) is 23.8 Å². The Morgan fingerprint density at radius 2 is 1.68 bits per heavy atom. The summed E-state index contributed by atoms with van der Waals surface area (Å²) in [5.74, 6) is 0.0514. The van der Waals surface area contributed by atoms with Gasteiger partial charge < -0.3 is 19.9 Å². The number of carboxylic acid groups (broad SMARTS) is 1. The third kappa shape index (κ3) is 6.78. The van der Waals surface area contributed by atoms with Crippen LogP contribution in [0.2, 0.25) is 0 Å². The second-order valence-electron chi connectivity index (χ2n) is 5.04. The topological polar surface area (TPSA) is 84.9 Å². The van der Waals surface area contributed by atoms with E-state index in [0.29, 0.717) is 11.5 Å². The van der Waals surface area contributed by atoms with Crippen LogP contribution in [0.15, 0.2) is 60.7 Å². The van der Waals surface area contributed by atoms with Crippen molar-refractivity contribution >= 4 is 18.0 Å². The zero-order valence-electron chi connectivity index (χ0n) is 13.6. The number of hydrogen-bond acceptors (Lipinski definition) is 4. The molecule has 1 amide bonds. The minimum Gasteiger partial charge on any atom is -0.481 e. The van der Waals surface area contributed by atoms with Crippen LogP contribution in [0.3, 0.4) is 0 Å². The van der Waals surface area contributed by atoms with E-state index in [9.17, 15) is 9.59 Å². The minimum absolute atomic E-state index is 0.0936. The highest BCUT2D eigenvalue weighted by atomic mass is 16.7. The number of nitrogens with one attached hydrogen (secondary N) is 1. The molecule has 0 fully saturated rings. The molecule has 1 aliphatic heterocycles. The van der Waals surface area contributed by atoms with E-state index in [-0.39, 0.29) is 25.7 Å². The zero-order valence-corrected chi connectivity index (χ0v) is 13.6. The first kappa shape index (κ1) is 18.1. The highest BCUT2D eigenvalue weighted by Gasteiger charge is 2.12. The Morgan fingerprint density at radius 1 is 1.04 bits per heavy atom. The molecule has 0 saturated carbocycles. The van der Waals surface area contributed by atoms with Gasteiger partial charge in [0.2, 0.25) is 12.7 Å². The number of fused-ring (bicyclic) bond motifs is 1. The van der Waals surface area contributed by atoms with E-state index in [1.54, 1.807) is 24.3 Å². The SMILES string of the molecule is O=C(O)CCNC(=O)/C=C/c1ccc2c(c1)OCO2.c1ccccc1. The minimum atomic E-state index is -0.944. The number of carbonyl (C=O) groups excluding carboxylic acids is 1. The highest BCUT2D eigenvalue weighted by molar-refractivity contribution is 5.92. The van der Waals surface area contributed by atoms with E-state index in [1.165, 1.54) is 6.08 Å². The van der Waals surface area contributed by atoms with Crippen molar-refractivity contribution in [2.24, 2.45) is 0 Å². The summed E-state index contributed by atoms with van der Waals surface area (Å²) in [7, 11) is 0. The molecule has 2 aromatic rings. The van der Waals surface area contributed by atoms with Crippen LogP contribution >= 0.6 is 0 Å². The number of benzene rings is 2. The molecule has 0 radical (unpaired) electrons. The Bertz CT molecular complexity index is 701. The van der Waals surface area contributed by atoms with Crippen LogP contribution in [-0.4, -0.2) is 30.3 Å². The molecule has 1 aliphatic rings. The molecule has 0 unspecified atom stereocenters. The van der Waals surface area contributed by atoms with E-state index in [1.807, 2.05) is 36.4 Å². The molecule has 0 atom stereocenters. The smallest absolute Gasteiger partial charge is 0.305 e. The molecule has 0 spiro atoms. The van der Waals surface area contributed by atoms with Gasteiger partial charge in [0, 0.05) is 12.6 Å². The molecule has 6 nitrogen and oxygen atoms in total. The van der Waals surface area contributed by atoms with E-state index in [2.05, 4.69) is 5.32 Å². The van der Waals surface area contributed by atoms with Crippen LogP contribution in [0, 0.1) is 0 Å². The summed E-state index contributed by atoms with van der Waals surface area (Å²) in [5.41, 5.74) is 0.803. The molecule has 1 heterocycles. The average molecular weight is 341 g/mol. The van der Waals surface area contributed by atoms with Gasteiger partial charge in [-0.2, -0.15) is 0 Å². The van der Waals surface area contributed by atoms with Crippen LogP contribution in [0.5, 0.6) is 11.5 Å². The fourth-order valence-corrected chi connectivity index (χ4v) is 1.93. The normalized spacial score (nSPS) is 11.5. The molecule has 0 saturated heterocycles. The first-order valence-corrected chi connectivity index (χ1v) is 7.72. The number of rotatable bonds is 5. The van der Waals surface area contributed by atoms with Crippen LogP contribution in [0.4, 0.5) is 0 Å². The van der Waals surface area contributed by atoms with Crippen molar-refractivity contribution in [3.63, 3.8) is 0 Å². The second kappa shape index (κ2) is 9.77. The third-order valence-electron chi connectivity index (χ3n) is 3.13. The van der Waals surface area contributed by atoms with Crippen molar-refractivity contribution in [3.05, 3.63) is 66.2 Å². The molecule has 0 aliphatic carbocycles. The van der Waals surface area contributed by atoms with Gasteiger partial charge in [0.1, 0.15) is 0 Å². The molecule has 3 rings (SSSR count). The zero-order chi connectivity index (χ0) is 17.9. The first-order chi connectivity index (χ1) is 12.1. The van der Waals surface area contributed by atoms with E-state index in [4.69, 9.17) is 14.6 Å². The predicted octanol–water partition coefficient (Wildman–Crippen LogP) is 2.71. The number of carboxylic acids is 1. The molecular formula is C19H19NO5. The van der Waals surface area contributed by atoms with Gasteiger partial charge in [-0.3, -0.25) is 9.59 Å². The summed E-state index contributed by atoms with van der Waals surface area (Å²) < 4.78 is 10.4. The fourth-order valence-electron chi connectivity index (χ4n) is 1.93. The Kier molecular flexibility index (Phi) is 7.06. The van der Waals surface area contributed by atoms with Crippen molar-refractivity contribution in [2.75, 3.05) is 13.3 Å². The molecule has 0 aromatic heterocycles. The van der Waals surface area contributed by atoms with Crippen molar-refractivity contribution < 1.29 is 24.2 Å². The summed E-state index contributed by atoms with van der Waals surface area (Å²) >= 11 is 0. The van der Waals surface area contributed by atoms with E-state index < -0.39 is 5.97 Å². The Morgan fingerprint density at radius 3 is 2.32 bits per heavy atom. The lowest BCUT2D eigenvalue weighted by Crippen LogP contribution is -2.23. The van der Waals surface area contributed by atoms with Crippen molar-refractivity contribution in [2.45, 2.75) is 6.42 Å². The maximum atomic E-state index is 11.4. The Balaban J connectivity index is 0.000000316. The molecule has 2 N–H and O–H groups in total. The average Bonchev–Trinajstić information content (AvgIpc) is 3.09. The molecular weight excluding hydrogens is 322 g/mol. The summed E-state index contributed by atoms with van der Waals surface area (Å²) in [4.78, 5) is 21.7. The number of aliphatic carboxylic acids is 1. The second-order valence-corrected chi connectivity index (χ2v) is 5.04. The van der Waals surface area contributed by atoms with Crippen molar-refractivity contribution in [1.29, 1.82) is 0 Å². The highest BCUT2D eigenvalue weighted by Crippen LogP contribution is 2.32. The van der Waals surface area contributed by atoms with Gasteiger partial charge in [-0.1, -0.05) is 42.5 Å². The van der Waals surface area contributed by atoms with Crippen molar-refractivity contribution in [3.8, 4) is 11.5 Å². The van der Waals surface area contributed by atoms with Gasteiger partial charge in [0.25, 0.3) is 0 Å². The van der Waals surface area contributed by atoms with Gasteiger partial charge in [-0.25, -0.2) is 0 Å². The van der Waals surface area contributed by atoms with Crippen LogP contribution < -0.4 is 14.8 Å². The number of amides is 1. The maximum Gasteiger partial charge on any atom is 0.305 e. The van der Waals surface area contributed by atoms with Gasteiger partial charge in [0.05, 0.1) is 6.42 Å². The van der Waals surface area contributed by atoms with Crippen LogP contribution in [0.1, 0.15) is 12.0 Å². The van der Waals surface area contributed by atoms with Gasteiger partial charge in [-0.15, -0.1) is 0 Å². The summed E-state index contributed by atoms with van der Waals surface area (Å²) in [5, 5.41) is 10.9. The summed E-state index contributed by atoms with van der Waals surface area (Å²) in [6.45, 7) is 0.317. The molecule has 25 heavy (non-hydrogen) atoms. The molecule has 130 valence electrons. The lowest BCUT2D eigenvalue weighted by molar-refractivity contribution is -0.136. The third-order valence-corrected chi connectivity index (χ3v) is 3.13. The maximum absolute atomic E-state index is 11.4. The number of hydrogen-bond donors (Lipinski definition) is 2. The largest absolute Gasteiger partial charge is 0.481 e. The lowest BCUT2D eigenvalue weighted by atomic mass is 10.2. The van der Waals surface area contributed by atoms with Gasteiger partial charge in [0.15, 0.2) is 11.5 Å². The van der Waals surface area contributed by atoms with Crippen LogP contribution in [0.25, 0.3) is 6.08 Å². The van der Waals surface area contributed by atoms with E-state index >= 15 is 0 Å². The van der Waals surface area contributed by atoms with E-state index in [0.717, 1.165) is 5.56 Å². The number of carbonyl (C=O) groups is 2.